The fourth-order valence-electron chi connectivity index (χ4n) is 4.21. The van der Waals surface area contributed by atoms with E-state index in [1.165, 1.54) is 22.5 Å². The average molecular weight is 549 g/mol. The van der Waals surface area contributed by atoms with Gasteiger partial charge in [-0.2, -0.15) is 25.9 Å². The molecular weight excluding hydrogens is 528 g/mol. The van der Waals surface area contributed by atoms with E-state index < -0.39 is 21.9 Å². The summed E-state index contributed by atoms with van der Waals surface area (Å²) in [5.41, 5.74) is -0.262. The van der Waals surface area contributed by atoms with Crippen molar-refractivity contribution in [3.05, 3.63) is 45.9 Å². The lowest BCUT2D eigenvalue weighted by molar-refractivity contribution is -0.137. The minimum Gasteiger partial charge on any atom is -0.338 e. The minimum atomic E-state index is -4.58. The molecule has 188 valence electrons. The van der Waals surface area contributed by atoms with Crippen LogP contribution >= 0.6 is 23.2 Å². The van der Waals surface area contributed by atoms with Crippen LogP contribution in [0.1, 0.15) is 5.56 Å². The van der Waals surface area contributed by atoms with Crippen molar-refractivity contribution in [3.8, 4) is 11.4 Å². The number of nitrogens with zero attached hydrogens (tertiary/aromatic N) is 3. The lowest BCUT2D eigenvalue weighted by atomic mass is 10.1. The highest BCUT2D eigenvalue weighted by Crippen LogP contribution is 2.37. The van der Waals surface area contributed by atoms with Gasteiger partial charge in [0.05, 0.1) is 21.8 Å². The van der Waals surface area contributed by atoms with E-state index in [-0.39, 0.29) is 33.1 Å². The summed E-state index contributed by atoms with van der Waals surface area (Å²) in [6, 6.07) is 6.63. The van der Waals surface area contributed by atoms with E-state index in [2.05, 4.69) is 24.9 Å². The number of piperazine rings is 1. The summed E-state index contributed by atoms with van der Waals surface area (Å²) in [6.45, 7) is 3.76. The number of imidazole rings is 1. The van der Waals surface area contributed by atoms with Gasteiger partial charge in [-0.05, 0) is 30.3 Å². The number of benzene rings is 2. The number of fused-ring (bicyclic) bond motifs is 1. The number of hydrogen-bond acceptors (Lipinski definition) is 5. The fraction of sp³-hybridized carbons (Fsp3) is 0.381. The van der Waals surface area contributed by atoms with E-state index in [0.29, 0.717) is 37.2 Å². The van der Waals surface area contributed by atoms with E-state index >= 15 is 0 Å². The molecule has 3 aromatic rings. The number of alkyl halides is 3. The summed E-state index contributed by atoms with van der Waals surface area (Å²) >= 11 is 12.2. The Kier molecular flexibility index (Phi) is 6.39. The molecule has 1 aromatic heterocycles. The Hall–Kier alpha value is -2.09. The monoisotopic (exact) mass is 548 g/mol. The molecule has 5 rings (SSSR count). The van der Waals surface area contributed by atoms with Gasteiger partial charge in [-0.25, -0.2) is 4.98 Å². The van der Waals surface area contributed by atoms with E-state index in [9.17, 15) is 21.6 Å². The number of halogens is 5. The van der Waals surface area contributed by atoms with E-state index in [0.717, 1.165) is 25.2 Å². The Morgan fingerprint density at radius 3 is 2.40 bits per heavy atom. The number of aromatic amines is 1. The van der Waals surface area contributed by atoms with Crippen molar-refractivity contribution in [1.82, 2.24) is 24.5 Å². The molecule has 0 saturated carbocycles. The number of aromatic nitrogens is 2. The predicted molar refractivity (Wildman–Crippen MR) is 129 cm³/mol. The zero-order valence-electron chi connectivity index (χ0n) is 18.2. The molecule has 3 heterocycles. The first kappa shape index (κ1) is 24.6. The molecule has 0 unspecified atom stereocenters. The molecule has 0 aliphatic carbocycles. The highest BCUT2D eigenvalue weighted by molar-refractivity contribution is 7.90. The highest BCUT2D eigenvalue weighted by atomic mass is 35.5. The molecule has 3 N–H and O–H groups in total. The van der Waals surface area contributed by atoms with E-state index in [1.54, 1.807) is 0 Å². The van der Waals surface area contributed by atoms with Gasteiger partial charge in [-0.1, -0.05) is 23.2 Å². The number of anilines is 1. The lowest BCUT2D eigenvalue weighted by Crippen LogP contribution is -2.62. The van der Waals surface area contributed by atoms with Crippen molar-refractivity contribution in [2.75, 3.05) is 44.0 Å². The quantitative estimate of drug-likeness (QED) is 0.451. The SMILES string of the molecule is O=S(=O)(Nc1ccc(Cl)cc1-c1nc2c(Cl)cc(C(F)(F)F)cc2[nH]1)N1CCN(C2CNC2)CC1. The van der Waals surface area contributed by atoms with Crippen LogP contribution in [0.2, 0.25) is 10.0 Å². The zero-order chi connectivity index (χ0) is 25.0. The molecule has 0 atom stereocenters. The lowest BCUT2D eigenvalue weighted by Gasteiger charge is -2.42. The standard InChI is InChI=1S/C21H21Cl2F3N6O2S/c22-13-1-2-17(30-35(33,34)32-5-3-31(4-6-32)14-10-27-11-14)15(9-13)20-28-18-8-12(21(24,25)26)7-16(23)19(18)29-20/h1-2,7-9,14,27,30H,3-6,10-11H2,(H,28,29). The number of nitrogens with one attached hydrogen (secondary N) is 3. The first-order valence-corrected chi connectivity index (χ1v) is 13.0. The third kappa shape index (κ3) is 4.95. The third-order valence-corrected chi connectivity index (χ3v) is 8.28. The molecule has 0 radical (unpaired) electrons. The van der Waals surface area contributed by atoms with Gasteiger partial charge in [0, 0.05) is 55.9 Å². The summed E-state index contributed by atoms with van der Waals surface area (Å²) in [6.07, 6.45) is -4.58. The minimum absolute atomic E-state index is 0.0650. The van der Waals surface area contributed by atoms with Crippen molar-refractivity contribution >= 4 is 50.1 Å². The van der Waals surface area contributed by atoms with Crippen molar-refractivity contribution in [2.24, 2.45) is 0 Å². The van der Waals surface area contributed by atoms with Gasteiger partial charge in [-0.3, -0.25) is 9.62 Å². The maximum Gasteiger partial charge on any atom is 0.416 e. The molecule has 0 bridgehead atoms. The topological polar surface area (TPSA) is 93.4 Å². The average Bonchev–Trinajstić information content (AvgIpc) is 3.18. The fourth-order valence-corrected chi connectivity index (χ4v) is 5.87. The molecular formula is C21H21Cl2F3N6O2S. The maximum atomic E-state index is 13.2. The van der Waals surface area contributed by atoms with Gasteiger partial charge in [0.1, 0.15) is 11.3 Å². The first-order chi connectivity index (χ1) is 16.5. The van der Waals surface area contributed by atoms with E-state index in [4.69, 9.17) is 23.2 Å². The second-order valence-corrected chi connectivity index (χ2v) is 11.0. The van der Waals surface area contributed by atoms with Crippen molar-refractivity contribution < 1.29 is 21.6 Å². The second-order valence-electron chi connectivity index (χ2n) is 8.48. The summed E-state index contributed by atoms with van der Waals surface area (Å²) in [4.78, 5) is 9.40. The van der Waals surface area contributed by atoms with Crippen LogP contribution < -0.4 is 10.0 Å². The summed E-state index contributed by atoms with van der Waals surface area (Å²) < 4.78 is 69.8. The first-order valence-electron chi connectivity index (χ1n) is 10.8. The van der Waals surface area contributed by atoms with Crippen LogP contribution in [0.25, 0.3) is 22.4 Å². The van der Waals surface area contributed by atoms with Gasteiger partial charge < -0.3 is 10.3 Å². The number of hydrogen-bond donors (Lipinski definition) is 3. The summed E-state index contributed by atoms with van der Waals surface area (Å²) in [7, 11) is -3.90. The summed E-state index contributed by atoms with van der Waals surface area (Å²) in [5.74, 6) is 0.128. The van der Waals surface area contributed by atoms with Crippen molar-refractivity contribution in [3.63, 3.8) is 0 Å². The Bertz CT molecular complexity index is 1370. The van der Waals surface area contributed by atoms with Crippen LogP contribution in [-0.4, -0.2) is 72.9 Å². The van der Waals surface area contributed by atoms with Crippen LogP contribution in [-0.2, 0) is 16.4 Å². The van der Waals surface area contributed by atoms with E-state index in [1.807, 2.05) is 0 Å². The van der Waals surface area contributed by atoms with Gasteiger partial charge in [-0.15, -0.1) is 0 Å². The zero-order valence-corrected chi connectivity index (χ0v) is 20.5. The molecule has 2 saturated heterocycles. The Balaban J connectivity index is 1.43. The molecule has 14 heteroatoms. The normalized spacial score (nSPS) is 18.7. The predicted octanol–water partition coefficient (Wildman–Crippen LogP) is 3.80. The molecule has 0 amide bonds. The van der Waals surface area contributed by atoms with Crippen LogP contribution in [0, 0.1) is 0 Å². The van der Waals surface area contributed by atoms with Gasteiger partial charge in [0.2, 0.25) is 0 Å². The Labute approximate surface area is 209 Å². The van der Waals surface area contributed by atoms with Gasteiger partial charge >= 0.3 is 16.4 Å². The molecule has 2 aliphatic heterocycles. The maximum absolute atomic E-state index is 13.2. The van der Waals surface area contributed by atoms with Crippen molar-refractivity contribution in [1.29, 1.82) is 0 Å². The largest absolute Gasteiger partial charge is 0.416 e. The van der Waals surface area contributed by atoms with Crippen LogP contribution in [0.15, 0.2) is 30.3 Å². The molecule has 2 fully saturated rings. The van der Waals surface area contributed by atoms with Crippen LogP contribution in [0.5, 0.6) is 0 Å². The van der Waals surface area contributed by atoms with Gasteiger partial charge in [0.15, 0.2) is 0 Å². The molecule has 35 heavy (non-hydrogen) atoms. The molecule has 2 aromatic carbocycles. The smallest absolute Gasteiger partial charge is 0.338 e. The summed E-state index contributed by atoms with van der Waals surface area (Å²) in [5, 5.41) is 3.33. The molecule has 2 aliphatic rings. The third-order valence-electron chi connectivity index (χ3n) is 6.23. The molecule has 0 spiro atoms. The van der Waals surface area contributed by atoms with Crippen LogP contribution in [0.3, 0.4) is 0 Å². The number of H-pyrrole nitrogens is 1. The highest BCUT2D eigenvalue weighted by Gasteiger charge is 2.33. The number of rotatable bonds is 5. The Morgan fingerprint density at radius 1 is 1.06 bits per heavy atom. The Morgan fingerprint density at radius 2 is 1.77 bits per heavy atom. The van der Waals surface area contributed by atoms with Gasteiger partial charge in [0.25, 0.3) is 0 Å². The van der Waals surface area contributed by atoms with Crippen LogP contribution in [0.4, 0.5) is 18.9 Å². The molecule has 8 nitrogen and oxygen atoms in total. The second kappa shape index (κ2) is 9.09. The van der Waals surface area contributed by atoms with Crippen molar-refractivity contribution in [2.45, 2.75) is 12.2 Å².